The molecule has 1 aromatic carbocycles. The molecule has 1 heterocycles. The minimum Gasteiger partial charge on any atom is -0.495 e. The van der Waals surface area contributed by atoms with Crippen LogP contribution in [0.4, 0.5) is 18.9 Å². The summed E-state index contributed by atoms with van der Waals surface area (Å²) in [5, 5.41) is 11.9. The number of amides is 1. The summed E-state index contributed by atoms with van der Waals surface area (Å²) in [6, 6.07) is 1.97. The van der Waals surface area contributed by atoms with Crippen LogP contribution >= 0.6 is 0 Å². The summed E-state index contributed by atoms with van der Waals surface area (Å²) in [7, 11) is 1.28. The Hall–Kier alpha value is -1.80. The molecule has 128 valence electrons. The molecule has 0 bridgehead atoms. The van der Waals surface area contributed by atoms with E-state index in [9.17, 15) is 23.1 Å². The van der Waals surface area contributed by atoms with E-state index in [4.69, 9.17) is 9.47 Å². The van der Waals surface area contributed by atoms with Crippen LogP contribution in [0, 0.1) is 5.41 Å². The van der Waals surface area contributed by atoms with E-state index in [0.29, 0.717) is 0 Å². The highest BCUT2D eigenvalue weighted by Gasteiger charge is 2.47. The summed E-state index contributed by atoms with van der Waals surface area (Å²) in [4.78, 5) is 12.2. The smallest absolute Gasteiger partial charge is 0.416 e. The molecule has 1 aliphatic heterocycles. The standard InChI is InChI=1S/C15H18F3NO4/c1-14(2,3)13(21)19-10-8(22-4)6-5-7(15(16,17)18)9(10)11-12(20)23-11/h5-6,11-12,20H,1-4H3,(H,19,21). The lowest BCUT2D eigenvalue weighted by Gasteiger charge is -2.23. The van der Waals surface area contributed by atoms with Crippen molar-refractivity contribution >= 4 is 11.6 Å². The topological polar surface area (TPSA) is 71.1 Å². The number of aliphatic hydroxyl groups excluding tert-OH is 1. The third kappa shape index (κ3) is 3.59. The van der Waals surface area contributed by atoms with Gasteiger partial charge in [-0.25, -0.2) is 0 Å². The number of ether oxygens (including phenoxy) is 2. The first-order valence-corrected chi connectivity index (χ1v) is 6.90. The quantitative estimate of drug-likeness (QED) is 0.834. The van der Waals surface area contributed by atoms with Crippen LogP contribution in [0.25, 0.3) is 0 Å². The molecule has 23 heavy (non-hydrogen) atoms. The van der Waals surface area contributed by atoms with Gasteiger partial charge in [0.1, 0.15) is 11.9 Å². The predicted octanol–water partition coefficient (Wildman–Crippen LogP) is 3.09. The maximum Gasteiger partial charge on any atom is 0.416 e. The lowest BCUT2D eigenvalue weighted by molar-refractivity contribution is -0.138. The number of carbonyl (C=O) groups is 1. The van der Waals surface area contributed by atoms with E-state index >= 15 is 0 Å². The van der Waals surface area contributed by atoms with Crippen LogP contribution < -0.4 is 10.1 Å². The van der Waals surface area contributed by atoms with Gasteiger partial charge in [-0.2, -0.15) is 13.2 Å². The summed E-state index contributed by atoms with van der Waals surface area (Å²) in [5.74, 6) is -0.417. The van der Waals surface area contributed by atoms with Gasteiger partial charge in [-0.05, 0) is 12.1 Å². The fraction of sp³-hybridized carbons (Fsp3) is 0.533. The van der Waals surface area contributed by atoms with Crippen molar-refractivity contribution in [2.24, 2.45) is 5.41 Å². The number of anilines is 1. The first-order valence-electron chi connectivity index (χ1n) is 6.90. The van der Waals surface area contributed by atoms with Crippen LogP contribution in [-0.4, -0.2) is 24.4 Å². The molecule has 5 nitrogen and oxygen atoms in total. The van der Waals surface area contributed by atoms with Gasteiger partial charge in [0.25, 0.3) is 0 Å². The number of halogens is 3. The number of epoxide rings is 1. The number of nitrogens with one attached hydrogen (secondary N) is 1. The van der Waals surface area contributed by atoms with Crippen molar-refractivity contribution in [2.75, 3.05) is 12.4 Å². The summed E-state index contributed by atoms with van der Waals surface area (Å²) in [6.07, 6.45) is -7.15. The van der Waals surface area contributed by atoms with Crippen LogP contribution in [0.1, 0.15) is 38.0 Å². The molecule has 2 N–H and O–H groups in total. The van der Waals surface area contributed by atoms with Gasteiger partial charge in [0, 0.05) is 11.0 Å². The third-order valence-corrected chi connectivity index (χ3v) is 3.41. The summed E-state index contributed by atoms with van der Waals surface area (Å²) in [5.41, 5.74) is -2.27. The Balaban J connectivity index is 2.59. The minimum atomic E-state index is -4.66. The molecule has 1 amide bonds. The number of rotatable bonds is 3. The highest BCUT2D eigenvalue weighted by molar-refractivity contribution is 5.97. The van der Waals surface area contributed by atoms with Crippen molar-refractivity contribution in [2.45, 2.75) is 39.3 Å². The number of hydrogen-bond acceptors (Lipinski definition) is 4. The van der Waals surface area contributed by atoms with Gasteiger partial charge < -0.3 is 19.9 Å². The Morgan fingerprint density at radius 1 is 1.30 bits per heavy atom. The van der Waals surface area contributed by atoms with Gasteiger partial charge in [0.05, 0.1) is 18.4 Å². The zero-order valence-corrected chi connectivity index (χ0v) is 13.1. The molecular formula is C15H18F3NO4. The molecule has 1 saturated heterocycles. The molecular weight excluding hydrogens is 315 g/mol. The second-order valence-electron chi connectivity index (χ2n) is 6.25. The van der Waals surface area contributed by atoms with E-state index in [2.05, 4.69) is 5.32 Å². The minimum absolute atomic E-state index is 0.0632. The zero-order valence-electron chi connectivity index (χ0n) is 13.1. The first kappa shape index (κ1) is 17.6. The molecule has 0 radical (unpaired) electrons. The van der Waals surface area contributed by atoms with Crippen molar-refractivity contribution in [3.8, 4) is 5.75 Å². The molecule has 2 unspecified atom stereocenters. The number of benzene rings is 1. The van der Waals surface area contributed by atoms with Crippen molar-refractivity contribution < 1.29 is 32.5 Å². The average molecular weight is 333 g/mol. The molecule has 0 aromatic heterocycles. The highest BCUT2D eigenvalue weighted by Crippen LogP contribution is 2.49. The van der Waals surface area contributed by atoms with Crippen LogP contribution in [-0.2, 0) is 15.7 Å². The van der Waals surface area contributed by atoms with Crippen LogP contribution in [0.15, 0.2) is 12.1 Å². The average Bonchev–Trinajstić information content (AvgIpc) is 3.12. The predicted molar refractivity (Wildman–Crippen MR) is 75.9 cm³/mol. The molecule has 0 spiro atoms. The number of methoxy groups -OCH3 is 1. The maximum atomic E-state index is 13.3. The Morgan fingerprint density at radius 2 is 1.87 bits per heavy atom. The van der Waals surface area contributed by atoms with Crippen LogP contribution in [0.2, 0.25) is 0 Å². The van der Waals surface area contributed by atoms with Crippen LogP contribution in [0.3, 0.4) is 0 Å². The van der Waals surface area contributed by atoms with Crippen molar-refractivity contribution in [1.82, 2.24) is 0 Å². The third-order valence-electron chi connectivity index (χ3n) is 3.41. The van der Waals surface area contributed by atoms with Crippen molar-refractivity contribution in [1.29, 1.82) is 0 Å². The lowest BCUT2D eigenvalue weighted by Crippen LogP contribution is -2.29. The second kappa shape index (κ2) is 5.68. The molecule has 2 rings (SSSR count). The van der Waals surface area contributed by atoms with Gasteiger partial charge in [-0.15, -0.1) is 0 Å². The molecule has 0 saturated carbocycles. The Morgan fingerprint density at radius 3 is 2.26 bits per heavy atom. The molecule has 2 atom stereocenters. The first-order chi connectivity index (χ1) is 10.5. The number of carbonyl (C=O) groups excluding carboxylic acids is 1. The maximum absolute atomic E-state index is 13.3. The molecule has 8 heteroatoms. The van der Waals surface area contributed by atoms with E-state index in [0.717, 1.165) is 12.1 Å². The Labute approximate surface area is 131 Å². The lowest BCUT2D eigenvalue weighted by atomic mass is 9.94. The van der Waals surface area contributed by atoms with Crippen molar-refractivity contribution in [3.63, 3.8) is 0 Å². The number of hydrogen-bond donors (Lipinski definition) is 2. The fourth-order valence-electron chi connectivity index (χ4n) is 2.06. The SMILES string of the molecule is COc1ccc(C(F)(F)F)c(C2OC2O)c1NC(=O)C(C)(C)C. The van der Waals surface area contributed by atoms with Crippen molar-refractivity contribution in [3.05, 3.63) is 23.3 Å². The number of aliphatic hydroxyl groups is 1. The van der Waals surface area contributed by atoms with Gasteiger partial charge >= 0.3 is 6.18 Å². The zero-order chi connectivity index (χ0) is 17.6. The van der Waals surface area contributed by atoms with E-state index < -0.39 is 35.5 Å². The van der Waals surface area contributed by atoms with E-state index in [1.54, 1.807) is 20.8 Å². The summed E-state index contributed by atoms with van der Waals surface area (Å²) >= 11 is 0. The molecule has 0 aliphatic carbocycles. The fourth-order valence-corrected chi connectivity index (χ4v) is 2.06. The molecule has 1 aliphatic rings. The summed E-state index contributed by atoms with van der Waals surface area (Å²) < 4.78 is 49.6. The normalized spacial score (nSPS) is 21.0. The number of alkyl halides is 3. The Bertz CT molecular complexity index is 622. The monoisotopic (exact) mass is 333 g/mol. The molecule has 1 fully saturated rings. The summed E-state index contributed by atoms with van der Waals surface area (Å²) in [6.45, 7) is 4.89. The second-order valence-corrected chi connectivity index (χ2v) is 6.25. The Kier molecular flexibility index (Phi) is 4.34. The van der Waals surface area contributed by atoms with E-state index in [1.807, 2.05) is 0 Å². The van der Waals surface area contributed by atoms with Gasteiger partial charge in [-0.3, -0.25) is 4.79 Å². The van der Waals surface area contributed by atoms with Gasteiger partial charge in [0.15, 0.2) is 6.29 Å². The highest BCUT2D eigenvalue weighted by atomic mass is 19.4. The molecule has 1 aromatic rings. The van der Waals surface area contributed by atoms with E-state index in [1.165, 1.54) is 7.11 Å². The van der Waals surface area contributed by atoms with E-state index in [-0.39, 0.29) is 17.0 Å². The van der Waals surface area contributed by atoms with Crippen LogP contribution in [0.5, 0.6) is 5.75 Å². The largest absolute Gasteiger partial charge is 0.495 e. The van der Waals surface area contributed by atoms with Gasteiger partial charge in [-0.1, -0.05) is 20.8 Å². The van der Waals surface area contributed by atoms with Gasteiger partial charge in [0.2, 0.25) is 5.91 Å².